The van der Waals surface area contributed by atoms with E-state index in [1.54, 1.807) is 12.1 Å². The van der Waals surface area contributed by atoms with E-state index >= 15 is 0 Å². The Labute approximate surface area is 218 Å². The normalized spacial score (nSPS) is 18.1. The van der Waals surface area contributed by atoms with Crippen LogP contribution in [0.25, 0.3) is 11.0 Å². The maximum absolute atomic E-state index is 13.0. The zero-order chi connectivity index (χ0) is 25.5. The number of piperidine rings is 1. The van der Waals surface area contributed by atoms with E-state index in [1.165, 1.54) is 4.90 Å². The highest BCUT2D eigenvalue weighted by Crippen LogP contribution is 2.34. The van der Waals surface area contributed by atoms with Crippen LogP contribution in [0.3, 0.4) is 0 Å². The van der Waals surface area contributed by atoms with Gasteiger partial charge in [0.15, 0.2) is 0 Å². The number of imidazole rings is 1. The van der Waals surface area contributed by atoms with Gasteiger partial charge in [-0.25, -0.2) is 4.98 Å². The minimum absolute atomic E-state index is 0.191. The van der Waals surface area contributed by atoms with E-state index in [4.69, 9.17) is 17.4 Å². The van der Waals surface area contributed by atoms with Crippen molar-refractivity contribution in [1.29, 1.82) is 0 Å². The molecule has 0 bridgehead atoms. The van der Waals surface area contributed by atoms with Crippen molar-refractivity contribution in [1.82, 2.24) is 20.2 Å². The topological polar surface area (TPSA) is 104 Å². The monoisotopic (exact) mass is 512 g/mol. The number of rotatable bonds is 6. The number of imide groups is 1. The van der Waals surface area contributed by atoms with Gasteiger partial charge in [0.25, 0.3) is 5.91 Å². The number of benzene rings is 3. The van der Waals surface area contributed by atoms with Crippen LogP contribution in [-0.2, 0) is 22.7 Å². The quantitative estimate of drug-likeness (QED) is 0.268. The fourth-order valence-corrected chi connectivity index (χ4v) is 5.20. The first-order valence-corrected chi connectivity index (χ1v) is 12.6. The van der Waals surface area contributed by atoms with Crippen LogP contribution in [-0.4, -0.2) is 38.6 Å². The summed E-state index contributed by atoms with van der Waals surface area (Å²) in [5.74, 6) is 0.453. The van der Waals surface area contributed by atoms with E-state index in [0.29, 0.717) is 24.3 Å². The van der Waals surface area contributed by atoms with Gasteiger partial charge in [-0.2, -0.15) is 12.6 Å². The van der Waals surface area contributed by atoms with Crippen LogP contribution in [0.4, 0.5) is 0 Å². The van der Waals surface area contributed by atoms with Gasteiger partial charge in [0.2, 0.25) is 11.8 Å². The molecule has 3 heterocycles. The summed E-state index contributed by atoms with van der Waals surface area (Å²) in [6, 6.07) is 20.6. The van der Waals surface area contributed by atoms with Crippen molar-refractivity contribution in [3.63, 3.8) is 0 Å². The summed E-state index contributed by atoms with van der Waals surface area (Å²) in [5.41, 5.74) is 5.16. The SMILES string of the molecule is O=C1CCC(N2Cc3c(OCc4ccc(C(S)c5nc6ccccc6[nH]5)cc4)cccc3C2=O)C(=O)N1. The van der Waals surface area contributed by atoms with Gasteiger partial charge in [-0.15, -0.1) is 0 Å². The maximum Gasteiger partial charge on any atom is 0.255 e. The summed E-state index contributed by atoms with van der Waals surface area (Å²) < 4.78 is 6.12. The number of ether oxygens (including phenoxy) is 1. The number of H-pyrrole nitrogens is 1. The van der Waals surface area contributed by atoms with E-state index in [1.807, 2.05) is 54.6 Å². The third-order valence-corrected chi connectivity index (χ3v) is 7.44. The predicted octanol–water partition coefficient (Wildman–Crippen LogP) is 3.92. The number of hydrogen-bond acceptors (Lipinski definition) is 6. The number of carbonyl (C=O) groups is 3. The Morgan fingerprint density at radius 3 is 2.62 bits per heavy atom. The van der Waals surface area contributed by atoms with Crippen molar-refractivity contribution in [2.75, 3.05) is 0 Å². The van der Waals surface area contributed by atoms with Crippen molar-refractivity contribution in [2.45, 2.75) is 37.3 Å². The molecule has 3 aromatic carbocycles. The molecule has 0 spiro atoms. The lowest BCUT2D eigenvalue weighted by molar-refractivity contribution is -0.136. The van der Waals surface area contributed by atoms with Crippen LogP contribution in [0.15, 0.2) is 66.7 Å². The minimum atomic E-state index is -0.654. The zero-order valence-corrected chi connectivity index (χ0v) is 20.7. The molecule has 1 aromatic heterocycles. The summed E-state index contributed by atoms with van der Waals surface area (Å²) in [6.45, 7) is 0.597. The predicted molar refractivity (Wildman–Crippen MR) is 140 cm³/mol. The number of aromatic amines is 1. The van der Waals surface area contributed by atoms with E-state index < -0.39 is 11.9 Å². The van der Waals surface area contributed by atoms with Crippen LogP contribution >= 0.6 is 12.6 Å². The molecular weight excluding hydrogens is 488 g/mol. The molecule has 0 saturated carbocycles. The third-order valence-electron chi connectivity index (χ3n) is 6.90. The third kappa shape index (κ3) is 4.35. The Bertz CT molecular complexity index is 1500. The van der Waals surface area contributed by atoms with E-state index in [-0.39, 0.29) is 30.0 Å². The highest BCUT2D eigenvalue weighted by atomic mass is 32.1. The first kappa shape index (κ1) is 23.3. The molecule has 2 unspecified atom stereocenters. The zero-order valence-electron chi connectivity index (χ0n) is 19.8. The first-order valence-electron chi connectivity index (χ1n) is 12.1. The van der Waals surface area contributed by atoms with Crippen molar-refractivity contribution in [3.05, 3.63) is 94.8 Å². The number of nitrogens with one attached hydrogen (secondary N) is 2. The number of fused-ring (bicyclic) bond motifs is 2. The number of aromatic nitrogens is 2. The molecule has 37 heavy (non-hydrogen) atoms. The number of nitrogens with zero attached hydrogens (tertiary/aromatic N) is 2. The molecule has 8 nitrogen and oxygen atoms in total. The van der Waals surface area contributed by atoms with Crippen LogP contribution in [0.1, 0.15) is 51.0 Å². The average molecular weight is 513 g/mol. The van der Waals surface area contributed by atoms with Gasteiger partial charge in [-0.3, -0.25) is 19.7 Å². The lowest BCUT2D eigenvalue weighted by Crippen LogP contribution is -2.52. The first-order chi connectivity index (χ1) is 18.0. The van der Waals surface area contributed by atoms with Crippen LogP contribution < -0.4 is 10.1 Å². The van der Waals surface area contributed by atoms with Gasteiger partial charge in [0, 0.05) is 17.5 Å². The van der Waals surface area contributed by atoms with Crippen molar-refractivity contribution in [3.8, 4) is 5.75 Å². The average Bonchev–Trinajstić information content (AvgIpc) is 3.49. The van der Waals surface area contributed by atoms with E-state index in [9.17, 15) is 14.4 Å². The highest BCUT2D eigenvalue weighted by molar-refractivity contribution is 7.80. The van der Waals surface area contributed by atoms with Crippen LogP contribution in [0, 0.1) is 0 Å². The van der Waals surface area contributed by atoms with E-state index in [0.717, 1.165) is 33.5 Å². The second-order valence-corrected chi connectivity index (χ2v) is 9.77. The molecule has 9 heteroatoms. The molecule has 2 aliphatic rings. The fraction of sp³-hybridized carbons (Fsp3) is 0.214. The Morgan fingerprint density at radius 1 is 1.03 bits per heavy atom. The van der Waals surface area contributed by atoms with Crippen LogP contribution in [0.2, 0.25) is 0 Å². The molecular formula is C28H24N4O4S. The Morgan fingerprint density at radius 2 is 1.84 bits per heavy atom. The summed E-state index contributed by atoms with van der Waals surface area (Å²) in [4.78, 5) is 46.4. The molecule has 4 aromatic rings. The maximum atomic E-state index is 13.0. The van der Waals surface area contributed by atoms with Crippen LogP contribution in [0.5, 0.6) is 5.75 Å². The van der Waals surface area contributed by atoms with Crippen molar-refractivity contribution >= 4 is 41.4 Å². The summed E-state index contributed by atoms with van der Waals surface area (Å²) in [7, 11) is 0. The molecule has 6 rings (SSSR count). The van der Waals surface area contributed by atoms with Crippen molar-refractivity contribution < 1.29 is 19.1 Å². The van der Waals surface area contributed by atoms with Crippen molar-refractivity contribution in [2.24, 2.45) is 0 Å². The van der Waals surface area contributed by atoms with Gasteiger partial charge < -0.3 is 14.6 Å². The molecule has 2 N–H and O–H groups in total. The smallest absolute Gasteiger partial charge is 0.255 e. The number of hydrogen-bond donors (Lipinski definition) is 3. The highest BCUT2D eigenvalue weighted by Gasteiger charge is 2.40. The number of amides is 3. The summed E-state index contributed by atoms with van der Waals surface area (Å²) in [6.07, 6.45) is 0.548. The molecule has 2 aliphatic heterocycles. The molecule has 186 valence electrons. The van der Waals surface area contributed by atoms with Gasteiger partial charge >= 0.3 is 0 Å². The van der Waals surface area contributed by atoms with Gasteiger partial charge in [0.1, 0.15) is 24.2 Å². The number of para-hydroxylation sites is 2. The molecule has 2 atom stereocenters. The Kier molecular flexibility index (Phi) is 5.92. The Hall–Kier alpha value is -4.11. The van der Waals surface area contributed by atoms with Gasteiger partial charge in [-0.1, -0.05) is 42.5 Å². The van der Waals surface area contributed by atoms with E-state index in [2.05, 4.69) is 15.3 Å². The molecule has 1 saturated heterocycles. The minimum Gasteiger partial charge on any atom is -0.489 e. The largest absolute Gasteiger partial charge is 0.489 e. The standard InChI is InChI=1S/C28H24N4O4S/c33-24-13-12-22(27(34)31-24)32-14-19-18(28(32)35)4-3-7-23(19)36-15-16-8-10-17(11-9-16)25(37)26-29-20-5-1-2-6-21(20)30-26/h1-11,22,25,37H,12-15H2,(H,29,30)(H,31,33,34). The Balaban J connectivity index is 1.14. The summed E-state index contributed by atoms with van der Waals surface area (Å²) >= 11 is 4.77. The van der Waals surface area contributed by atoms with Gasteiger partial charge in [0.05, 0.1) is 22.8 Å². The molecule has 0 radical (unpaired) electrons. The number of carbonyl (C=O) groups excluding carboxylic acids is 3. The molecule has 3 amide bonds. The second-order valence-electron chi connectivity index (χ2n) is 9.25. The fourth-order valence-electron chi connectivity index (χ4n) is 4.91. The summed E-state index contributed by atoms with van der Waals surface area (Å²) in [5, 5.41) is 2.14. The van der Waals surface area contributed by atoms with Gasteiger partial charge in [-0.05, 0) is 41.8 Å². The number of thiol groups is 1. The second kappa shape index (κ2) is 9.40. The molecule has 1 fully saturated rings. The molecule has 0 aliphatic carbocycles. The lowest BCUT2D eigenvalue weighted by atomic mass is 10.0. The lowest BCUT2D eigenvalue weighted by Gasteiger charge is -2.29.